The highest BCUT2D eigenvalue weighted by Crippen LogP contribution is 2.38. The molecule has 8 nitrogen and oxygen atoms in total. The van der Waals surface area contributed by atoms with Crippen molar-refractivity contribution >= 4 is 29.4 Å². The first-order chi connectivity index (χ1) is 18.4. The zero-order valence-electron chi connectivity index (χ0n) is 20.5. The van der Waals surface area contributed by atoms with Gasteiger partial charge in [-0.2, -0.15) is 18.3 Å². The van der Waals surface area contributed by atoms with E-state index in [0.717, 1.165) is 34.8 Å². The van der Waals surface area contributed by atoms with Gasteiger partial charge < -0.3 is 9.30 Å². The molecule has 1 heterocycles. The summed E-state index contributed by atoms with van der Waals surface area (Å²) < 4.78 is 46.3. The Balaban J connectivity index is 1.51. The standard InChI is InChI=1S/C27H20ClF3N4O4/c1-16-12-19(15-32-33-26(36)18-4-3-5-21(28)13-18)17(2)34(16)22-7-9-23(10-8-22)39-25-11-6-20(27(29,30)31)14-24(25)35(37)38/h3-15H,1-2H3,(H,33,36)/b32-15-. The molecule has 200 valence electrons. The normalized spacial score (nSPS) is 11.5. The first kappa shape index (κ1) is 27.4. The van der Waals surface area contributed by atoms with Crippen LogP contribution >= 0.6 is 11.6 Å². The molecule has 1 aromatic heterocycles. The molecule has 0 aliphatic carbocycles. The number of ether oxygens (including phenoxy) is 1. The Morgan fingerprint density at radius 3 is 2.44 bits per heavy atom. The predicted octanol–water partition coefficient (Wildman–Crippen LogP) is 7.23. The number of nitro groups is 1. The van der Waals surface area contributed by atoms with Crippen molar-refractivity contribution in [3.05, 3.63) is 116 Å². The van der Waals surface area contributed by atoms with E-state index in [0.29, 0.717) is 16.7 Å². The van der Waals surface area contributed by atoms with Crippen LogP contribution in [-0.2, 0) is 6.18 Å². The minimum absolute atomic E-state index is 0.203. The molecule has 12 heteroatoms. The van der Waals surface area contributed by atoms with Gasteiger partial charge in [0.05, 0.1) is 16.7 Å². The second-order valence-corrected chi connectivity index (χ2v) is 8.84. The summed E-state index contributed by atoms with van der Waals surface area (Å²) in [5.41, 5.74) is 4.07. The average molecular weight is 557 g/mol. The van der Waals surface area contributed by atoms with E-state index in [9.17, 15) is 28.1 Å². The fraction of sp³-hybridized carbons (Fsp3) is 0.111. The number of nitro benzene ring substituents is 1. The SMILES string of the molecule is Cc1cc(/C=N\NC(=O)c2cccc(Cl)c2)c(C)n1-c1ccc(Oc2ccc(C(F)(F)F)cc2[N+](=O)[O-])cc1. The number of nitrogens with zero attached hydrogens (tertiary/aromatic N) is 3. The highest BCUT2D eigenvalue weighted by atomic mass is 35.5. The van der Waals surface area contributed by atoms with Gasteiger partial charge in [-0.05, 0) is 74.5 Å². The van der Waals surface area contributed by atoms with Gasteiger partial charge in [0.15, 0.2) is 0 Å². The van der Waals surface area contributed by atoms with Gasteiger partial charge in [0, 0.05) is 39.3 Å². The largest absolute Gasteiger partial charge is 0.450 e. The minimum atomic E-state index is -4.72. The molecule has 39 heavy (non-hydrogen) atoms. The molecule has 1 N–H and O–H groups in total. The maximum atomic E-state index is 13.0. The molecule has 0 atom stereocenters. The number of carbonyl (C=O) groups excluding carboxylic acids is 1. The number of amides is 1. The van der Waals surface area contributed by atoms with E-state index >= 15 is 0 Å². The number of aromatic nitrogens is 1. The van der Waals surface area contributed by atoms with Crippen molar-refractivity contribution in [2.45, 2.75) is 20.0 Å². The van der Waals surface area contributed by atoms with Crippen molar-refractivity contribution in [2.75, 3.05) is 0 Å². The maximum absolute atomic E-state index is 13.0. The summed E-state index contributed by atoms with van der Waals surface area (Å²) in [6, 6.07) is 16.9. The van der Waals surface area contributed by atoms with E-state index in [4.69, 9.17) is 16.3 Å². The first-order valence-electron chi connectivity index (χ1n) is 11.4. The number of rotatable bonds is 7. The van der Waals surface area contributed by atoms with Crippen LogP contribution in [0.5, 0.6) is 11.5 Å². The third-order valence-electron chi connectivity index (χ3n) is 5.73. The Labute approximate surface area is 225 Å². The lowest BCUT2D eigenvalue weighted by Gasteiger charge is -2.12. The van der Waals surface area contributed by atoms with E-state index in [1.165, 1.54) is 12.3 Å². The Morgan fingerprint density at radius 1 is 1.08 bits per heavy atom. The third kappa shape index (κ3) is 6.27. The number of hydrogen-bond acceptors (Lipinski definition) is 5. The van der Waals surface area contributed by atoms with E-state index in [-0.39, 0.29) is 11.5 Å². The lowest BCUT2D eigenvalue weighted by atomic mass is 10.2. The third-order valence-corrected chi connectivity index (χ3v) is 5.97. The smallest absolute Gasteiger partial charge is 0.416 e. The number of nitrogens with one attached hydrogen (secondary N) is 1. The lowest BCUT2D eigenvalue weighted by molar-refractivity contribution is -0.385. The predicted molar refractivity (Wildman–Crippen MR) is 140 cm³/mol. The summed E-state index contributed by atoms with van der Waals surface area (Å²) in [5, 5.41) is 15.8. The van der Waals surface area contributed by atoms with E-state index in [1.54, 1.807) is 42.5 Å². The fourth-order valence-electron chi connectivity index (χ4n) is 3.88. The molecule has 1 amide bonds. The van der Waals surface area contributed by atoms with Crippen LogP contribution in [0, 0.1) is 24.0 Å². The molecule has 0 aliphatic rings. The molecule has 4 aromatic rings. The van der Waals surface area contributed by atoms with Crippen molar-refractivity contribution in [1.82, 2.24) is 9.99 Å². The quantitative estimate of drug-likeness (QED) is 0.147. The monoisotopic (exact) mass is 556 g/mol. The molecule has 4 rings (SSSR count). The molecule has 0 radical (unpaired) electrons. The van der Waals surface area contributed by atoms with Gasteiger partial charge >= 0.3 is 11.9 Å². The number of benzene rings is 3. The highest BCUT2D eigenvalue weighted by Gasteiger charge is 2.33. The average Bonchev–Trinajstić information content (AvgIpc) is 3.16. The van der Waals surface area contributed by atoms with Gasteiger partial charge in [0.2, 0.25) is 5.75 Å². The van der Waals surface area contributed by atoms with Gasteiger partial charge in [-0.3, -0.25) is 14.9 Å². The molecule has 0 saturated heterocycles. The summed E-state index contributed by atoms with van der Waals surface area (Å²) in [7, 11) is 0. The molecule has 0 spiro atoms. The van der Waals surface area contributed by atoms with Gasteiger partial charge in [-0.25, -0.2) is 5.43 Å². The molecule has 0 fully saturated rings. The molecule has 0 aliphatic heterocycles. The van der Waals surface area contributed by atoms with Crippen molar-refractivity contribution < 1.29 is 27.6 Å². The second kappa shape index (κ2) is 11.0. The van der Waals surface area contributed by atoms with E-state index < -0.39 is 28.3 Å². The molecule has 0 saturated carbocycles. The summed E-state index contributed by atoms with van der Waals surface area (Å²) in [4.78, 5) is 22.7. The van der Waals surface area contributed by atoms with Gasteiger partial charge in [-0.15, -0.1) is 0 Å². The zero-order valence-corrected chi connectivity index (χ0v) is 21.2. The highest BCUT2D eigenvalue weighted by molar-refractivity contribution is 6.30. The Kier molecular flexibility index (Phi) is 7.73. The van der Waals surface area contributed by atoms with E-state index in [2.05, 4.69) is 10.5 Å². The van der Waals surface area contributed by atoms with Crippen LogP contribution in [0.1, 0.15) is 32.9 Å². The van der Waals surface area contributed by atoms with Crippen LogP contribution in [0.3, 0.4) is 0 Å². The van der Waals surface area contributed by atoms with Crippen LogP contribution < -0.4 is 10.2 Å². The van der Waals surface area contributed by atoms with Crippen LogP contribution in [0.15, 0.2) is 77.9 Å². The van der Waals surface area contributed by atoms with E-state index in [1.807, 2.05) is 24.5 Å². The fourth-order valence-corrected chi connectivity index (χ4v) is 4.07. The lowest BCUT2D eigenvalue weighted by Crippen LogP contribution is -2.17. The number of hydrazone groups is 1. The Morgan fingerprint density at radius 2 is 1.79 bits per heavy atom. The second-order valence-electron chi connectivity index (χ2n) is 8.40. The van der Waals surface area contributed by atoms with Gasteiger partial charge in [-0.1, -0.05) is 17.7 Å². The van der Waals surface area contributed by atoms with Crippen molar-refractivity contribution in [3.63, 3.8) is 0 Å². The summed E-state index contributed by atoms with van der Waals surface area (Å²) in [6.07, 6.45) is -3.20. The maximum Gasteiger partial charge on any atom is 0.416 e. The minimum Gasteiger partial charge on any atom is -0.450 e. The van der Waals surface area contributed by atoms with Crippen LogP contribution in [0.25, 0.3) is 5.69 Å². The molecule has 0 bridgehead atoms. The van der Waals surface area contributed by atoms with Crippen LogP contribution in [0.2, 0.25) is 5.02 Å². The number of aryl methyl sites for hydroxylation is 1. The number of halogens is 4. The topological polar surface area (TPSA) is 98.8 Å². The van der Waals surface area contributed by atoms with Gasteiger partial charge in [0.25, 0.3) is 5.91 Å². The molecular weight excluding hydrogens is 537 g/mol. The summed E-state index contributed by atoms with van der Waals surface area (Å²) >= 11 is 5.91. The van der Waals surface area contributed by atoms with Crippen molar-refractivity contribution in [3.8, 4) is 17.2 Å². The summed E-state index contributed by atoms with van der Waals surface area (Å²) in [6.45, 7) is 3.74. The number of hydrogen-bond donors (Lipinski definition) is 1. The number of alkyl halides is 3. The van der Waals surface area contributed by atoms with Crippen LogP contribution in [-0.4, -0.2) is 21.6 Å². The first-order valence-corrected chi connectivity index (χ1v) is 11.7. The van der Waals surface area contributed by atoms with Gasteiger partial charge in [0.1, 0.15) is 5.75 Å². The van der Waals surface area contributed by atoms with Crippen molar-refractivity contribution in [2.24, 2.45) is 5.10 Å². The van der Waals surface area contributed by atoms with Crippen molar-refractivity contribution in [1.29, 1.82) is 0 Å². The Hall–Kier alpha value is -4.64. The number of carbonyl (C=O) groups is 1. The molecule has 3 aromatic carbocycles. The Bertz CT molecular complexity index is 1580. The summed E-state index contributed by atoms with van der Waals surface area (Å²) in [5.74, 6) is -0.520. The molecule has 0 unspecified atom stereocenters. The zero-order chi connectivity index (χ0) is 28.3. The van der Waals surface area contributed by atoms with Crippen LogP contribution in [0.4, 0.5) is 18.9 Å². The molecular formula is C27H20ClF3N4O4.